The first-order valence-corrected chi connectivity index (χ1v) is 11.9. The molecule has 1 saturated heterocycles. The van der Waals surface area contributed by atoms with Crippen molar-refractivity contribution in [2.75, 3.05) is 12.3 Å². The van der Waals surface area contributed by atoms with E-state index in [0.29, 0.717) is 10.6 Å². The summed E-state index contributed by atoms with van der Waals surface area (Å²) in [6, 6.07) is 8.79. The van der Waals surface area contributed by atoms with Crippen LogP contribution in [0.3, 0.4) is 0 Å². The number of Topliss-reactive ketones (excluding diaryl/α,β-unsaturated/α-hetero) is 1. The molecule has 2 aromatic rings. The van der Waals surface area contributed by atoms with Crippen LogP contribution in [0.2, 0.25) is 0 Å². The van der Waals surface area contributed by atoms with Crippen molar-refractivity contribution < 1.29 is 23.1 Å². The second-order valence-electron chi connectivity index (χ2n) is 7.05. The van der Waals surface area contributed by atoms with Gasteiger partial charge in [0, 0.05) is 21.9 Å². The number of hydrogen-bond donors (Lipinski definition) is 1. The average molecular weight is 440 g/mol. The molecule has 0 saturated carbocycles. The molecule has 1 atom stereocenters. The maximum atomic E-state index is 13.1. The van der Waals surface area contributed by atoms with Crippen LogP contribution in [0.1, 0.15) is 30.4 Å². The van der Waals surface area contributed by atoms with Crippen LogP contribution in [0.15, 0.2) is 41.3 Å². The number of rotatable bonds is 5. The molecular formula is C19H21NO5S3. The Bertz CT molecular complexity index is 1010. The summed E-state index contributed by atoms with van der Waals surface area (Å²) < 4.78 is 26.7. The van der Waals surface area contributed by atoms with Crippen LogP contribution in [0, 0.1) is 0 Å². The first kappa shape index (κ1) is 21.0. The van der Waals surface area contributed by atoms with Gasteiger partial charge >= 0.3 is 5.97 Å². The third-order valence-electron chi connectivity index (χ3n) is 4.66. The van der Waals surface area contributed by atoms with Crippen molar-refractivity contribution in [2.24, 2.45) is 0 Å². The Morgan fingerprint density at radius 1 is 1.14 bits per heavy atom. The minimum Gasteiger partial charge on any atom is -0.480 e. The lowest BCUT2D eigenvalue weighted by Crippen LogP contribution is -2.58. The molecule has 0 bridgehead atoms. The van der Waals surface area contributed by atoms with Crippen molar-refractivity contribution in [1.82, 2.24) is 4.31 Å². The van der Waals surface area contributed by atoms with Crippen molar-refractivity contribution in [2.45, 2.75) is 36.5 Å². The van der Waals surface area contributed by atoms with Crippen LogP contribution < -0.4 is 0 Å². The summed E-state index contributed by atoms with van der Waals surface area (Å²) in [4.78, 5) is 24.8. The highest BCUT2D eigenvalue weighted by molar-refractivity contribution is 8.00. The fraction of sp³-hybridized carbons (Fsp3) is 0.368. The third-order valence-corrected chi connectivity index (χ3v) is 9.13. The van der Waals surface area contributed by atoms with E-state index in [-0.39, 0.29) is 17.2 Å². The van der Waals surface area contributed by atoms with Gasteiger partial charge in [0.25, 0.3) is 0 Å². The van der Waals surface area contributed by atoms with Gasteiger partial charge in [0.1, 0.15) is 6.04 Å². The summed E-state index contributed by atoms with van der Waals surface area (Å²) in [5, 5.41) is 9.65. The lowest BCUT2D eigenvalue weighted by Gasteiger charge is -2.42. The van der Waals surface area contributed by atoms with Crippen molar-refractivity contribution in [3.8, 4) is 10.4 Å². The molecule has 1 N–H and O–H groups in total. The Morgan fingerprint density at radius 2 is 1.79 bits per heavy atom. The Morgan fingerprint density at radius 3 is 2.32 bits per heavy atom. The standard InChI is InChI=1S/C19H21NO5S3/c1-12(21)15-8-9-16(27-15)13-4-6-14(7-5-13)28(24,25)20-10-11-26-19(2,3)17(20)18(22)23/h4-9,17H,10-11H2,1-3H3,(H,22,23). The molecule has 1 aromatic carbocycles. The number of nitrogens with zero attached hydrogens (tertiary/aromatic N) is 1. The number of sulfonamides is 1. The summed E-state index contributed by atoms with van der Waals surface area (Å²) in [7, 11) is -3.95. The van der Waals surface area contributed by atoms with Crippen LogP contribution >= 0.6 is 23.1 Å². The zero-order valence-electron chi connectivity index (χ0n) is 15.7. The zero-order chi connectivity index (χ0) is 20.7. The average Bonchev–Trinajstić information content (AvgIpc) is 3.11. The maximum absolute atomic E-state index is 13.1. The molecule has 0 radical (unpaired) electrons. The van der Waals surface area contributed by atoms with Gasteiger partial charge in [0.05, 0.1) is 9.77 Å². The number of thioether (sulfide) groups is 1. The molecule has 0 spiro atoms. The molecule has 28 heavy (non-hydrogen) atoms. The predicted octanol–water partition coefficient (Wildman–Crippen LogP) is 3.59. The number of benzene rings is 1. The van der Waals surface area contributed by atoms with E-state index in [9.17, 15) is 23.1 Å². The fourth-order valence-corrected chi connectivity index (χ4v) is 7.24. The van der Waals surface area contributed by atoms with Crippen LogP contribution in [0.5, 0.6) is 0 Å². The highest BCUT2D eigenvalue weighted by atomic mass is 32.2. The number of carboxylic acid groups (broad SMARTS) is 1. The van der Waals surface area contributed by atoms with Gasteiger partial charge in [0.15, 0.2) is 5.78 Å². The number of carboxylic acids is 1. The van der Waals surface area contributed by atoms with Gasteiger partial charge in [-0.05, 0) is 50.6 Å². The number of ketones is 1. The molecule has 6 nitrogen and oxygen atoms in total. The first-order valence-electron chi connectivity index (χ1n) is 8.64. The minimum atomic E-state index is -3.95. The molecule has 1 aromatic heterocycles. The molecule has 1 aliphatic rings. The van der Waals surface area contributed by atoms with Crippen LogP contribution in [-0.4, -0.2) is 52.7 Å². The largest absolute Gasteiger partial charge is 0.480 e. The zero-order valence-corrected chi connectivity index (χ0v) is 18.2. The maximum Gasteiger partial charge on any atom is 0.323 e. The molecule has 3 rings (SSSR count). The summed E-state index contributed by atoms with van der Waals surface area (Å²) in [6.45, 7) is 5.17. The molecule has 0 amide bonds. The van der Waals surface area contributed by atoms with Gasteiger partial charge in [-0.3, -0.25) is 9.59 Å². The SMILES string of the molecule is CC(=O)c1ccc(-c2ccc(S(=O)(=O)N3CCSC(C)(C)C3C(=O)O)cc2)s1. The molecule has 2 heterocycles. The van der Waals surface area contributed by atoms with Gasteiger partial charge < -0.3 is 5.11 Å². The Kier molecular flexibility index (Phi) is 5.73. The third kappa shape index (κ3) is 3.89. The number of carbonyl (C=O) groups is 2. The molecule has 1 aliphatic heterocycles. The summed E-state index contributed by atoms with van der Waals surface area (Å²) in [6.07, 6.45) is 0. The van der Waals surface area contributed by atoms with Crippen LogP contribution in [0.4, 0.5) is 0 Å². The Hall–Kier alpha value is -1.68. The first-order chi connectivity index (χ1) is 13.0. The van der Waals surface area contributed by atoms with E-state index in [2.05, 4.69) is 0 Å². The molecule has 1 fully saturated rings. The topological polar surface area (TPSA) is 91.8 Å². The van der Waals surface area contributed by atoms with Gasteiger partial charge in [-0.25, -0.2) is 8.42 Å². The van der Waals surface area contributed by atoms with E-state index in [1.165, 1.54) is 42.2 Å². The van der Waals surface area contributed by atoms with Crippen molar-refractivity contribution in [3.05, 3.63) is 41.3 Å². The fourth-order valence-electron chi connectivity index (χ4n) is 3.24. The van der Waals surface area contributed by atoms with Crippen molar-refractivity contribution in [3.63, 3.8) is 0 Å². The molecule has 9 heteroatoms. The molecule has 1 unspecified atom stereocenters. The highest BCUT2D eigenvalue weighted by Gasteiger charge is 2.48. The quantitative estimate of drug-likeness (QED) is 0.716. The second-order valence-corrected chi connectivity index (χ2v) is 11.8. The van der Waals surface area contributed by atoms with E-state index < -0.39 is 26.8 Å². The van der Waals surface area contributed by atoms with E-state index in [0.717, 1.165) is 14.7 Å². The normalized spacial score (nSPS) is 20.0. The minimum absolute atomic E-state index is 0.0132. The van der Waals surface area contributed by atoms with Crippen molar-refractivity contribution in [1.29, 1.82) is 0 Å². The number of thiophene rings is 1. The highest BCUT2D eigenvalue weighted by Crippen LogP contribution is 2.38. The van der Waals surface area contributed by atoms with Gasteiger partial charge in [-0.15, -0.1) is 11.3 Å². The van der Waals surface area contributed by atoms with E-state index >= 15 is 0 Å². The summed E-state index contributed by atoms with van der Waals surface area (Å²) >= 11 is 2.81. The smallest absolute Gasteiger partial charge is 0.323 e. The number of aliphatic carboxylic acids is 1. The lowest BCUT2D eigenvalue weighted by atomic mass is 10.0. The van der Waals surface area contributed by atoms with Crippen LogP contribution in [0.25, 0.3) is 10.4 Å². The Balaban J connectivity index is 1.93. The molecule has 150 valence electrons. The summed E-state index contributed by atoms with van der Waals surface area (Å²) in [5.74, 6) is -0.620. The van der Waals surface area contributed by atoms with E-state index in [1.54, 1.807) is 32.0 Å². The second kappa shape index (κ2) is 7.62. The summed E-state index contributed by atoms with van der Waals surface area (Å²) in [5.41, 5.74) is 0.806. The number of hydrogen-bond acceptors (Lipinski definition) is 6. The van der Waals surface area contributed by atoms with E-state index in [4.69, 9.17) is 0 Å². The number of carbonyl (C=O) groups excluding carboxylic acids is 1. The molecule has 0 aliphatic carbocycles. The van der Waals surface area contributed by atoms with Crippen LogP contribution in [-0.2, 0) is 14.8 Å². The lowest BCUT2D eigenvalue weighted by molar-refractivity contribution is -0.142. The van der Waals surface area contributed by atoms with Gasteiger partial charge in [-0.1, -0.05) is 12.1 Å². The van der Waals surface area contributed by atoms with Gasteiger partial charge in [0.2, 0.25) is 10.0 Å². The van der Waals surface area contributed by atoms with E-state index in [1.807, 2.05) is 6.07 Å². The van der Waals surface area contributed by atoms with Gasteiger partial charge in [-0.2, -0.15) is 16.1 Å². The Labute approximate surface area is 172 Å². The molecular weight excluding hydrogens is 418 g/mol. The predicted molar refractivity (Wildman–Crippen MR) is 112 cm³/mol. The van der Waals surface area contributed by atoms with Crippen molar-refractivity contribution >= 4 is 44.9 Å². The monoisotopic (exact) mass is 439 g/mol.